The lowest BCUT2D eigenvalue weighted by atomic mass is 10.0. The molecule has 0 aromatic heterocycles. The number of hydrogen-bond acceptors (Lipinski definition) is 7. The van der Waals surface area contributed by atoms with Crippen LogP contribution in [0.2, 0.25) is 0 Å². The Bertz CT molecular complexity index is 1300. The molecule has 0 fully saturated rings. The third-order valence-corrected chi connectivity index (χ3v) is 13.1. The molecule has 0 aliphatic rings. The number of carbonyl (C=O) groups excluding carboxylic acids is 2. The Hall–Kier alpha value is -2.75. The van der Waals surface area contributed by atoms with Gasteiger partial charge in [-0.25, -0.2) is 4.79 Å². The van der Waals surface area contributed by atoms with E-state index in [4.69, 9.17) is 18.9 Å². The Morgan fingerprint density at radius 3 is 1.15 bits per heavy atom. The summed E-state index contributed by atoms with van der Waals surface area (Å²) in [5.41, 5.74) is 0. The van der Waals surface area contributed by atoms with Gasteiger partial charge in [0.1, 0.15) is 13.2 Å². The van der Waals surface area contributed by atoms with Crippen LogP contribution in [0.1, 0.15) is 271 Å². The molecule has 2 unspecified atom stereocenters. The number of hydrogen-bond donors (Lipinski definition) is 1. The Labute approximate surface area is 438 Å². The van der Waals surface area contributed by atoms with Crippen LogP contribution in [0.15, 0.2) is 48.6 Å². The minimum atomic E-state index is -1.51. The summed E-state index contributed by atoms with van der Waals surface area (Å²) >= 11 is 0. The summed E-state index contributed by atoms with van der Waals surface area (Å²) in [5, 5.41) is 9.69. The summed E-state index contributed by atoms with van der Waals surface area (Å²) in [6.45, 7) is 4.86. The summed E-state index contributed by atoms with van der Waals surface area (Å²) in [6.07, 6.45) is 63.5. The third kappa shape index (κ3) is 54.9. The fraction of sp³-hybridized carbons (Fsp3) is 0.823. The number of ether oxygens (including phenoxy) is 4. The molecule has 9 heteroatoms. The van der Waals surface area contributed by atoms with E-state index in [0.29, 0.717) is 17.4 Å². The second-order valence-corrected chi connectivity index (χ2v) is 21.3. The smallest absolute Gasteiger partial charge is 0.361 e. The van der Waals surface area contributed by atoms with Crippen molar-refractivity contribution in [2.75, 3.05) is 47.5 Å². The number of rotatable bonds is 55. The Morgan fingerprint density at radius 1 is 0.423 bits per heavy atom. The number of likely N-dealkylation sites (N-methyl/N-ethyl adjacent to an activating group) is 1. The van der Waals surface area contributed by atoms with Gasteiger partial charge in [-0.15, -0.1) is 0 Å². The van der Waals surface area contributed by atoms with Crippen molar-refractivity contribution in [1.82, 2.24) is 0 Å². The molecule has 0 aliphatic carbocycles. The van der Waals surface area contributed by atoms with Crippen LogP contribution < -0.4 is 0 Å². The minimum absolute atomic E-state index is 0.184. The number of aliphatic carboxylic acids is 1. The van der Waals surface area contributed by atoms with Crippen LogP contribution in [-0.2, 0) is 33.3 Å². The first kappa shape index (κ1) is 68.2. The lowest BCUT2D eigenvalue weighted by molar-refractivity contribution is -0.870. The second kappa shape index (κ2) is 53.5. The predicted molar refractivity (Wildman–Crippen MR) is 300 cm³/mol. The van der Waals surface area contributed by atoms with Gasteiger partial charge in [0.05, 0.1) is 34.4 Å². The molecule has 2 atom stereocenters. The van der Waals surface area contributed by atoms with Crippen LogP contribution in [-0.4, -0.2) is 87.4 Å². The third-order valence-electron chi connectivity index (χ3n) is 13.1. The number of carbonyl (C=O) groups is 3. The molecular formula is C62H114NO8+. The molecule has 0 heterocycles. The van der Waals surface area contributed by atoms with E-state index in [1.54, 1.807) is 0 Å². The minimum Gasteiger partial charge on any atom is -0.477 e. The average Bonchev–Trinajstić information content (AvgIpc) is 3.34. The van der Waals surface area contributed by atoms with E-state index >= 15 is 0 Å². The van der Waals surface area contributed by atoms with E-state index in [0.717, 1.165) is 70.6 Å². The molecule has 1 N–H and O–H groups in total. The predicted octanol–water partition coefficient (Wildman–Crippen LogP) is 17.5. The lowest BCUT2D eigenvalue weighted by Crippen LogP contribution is -2.40. The van der Waals surface area contributed by atoms with Gasteiger partial charge >= 0.3 is 17.9 Å². The van der Waals surface area contributed by atoms with Gasteiger partial charge in [0.25, 0.3) is 6.29 Å². The molecule has 0 aliphatic heterocycles. The van der Waals surface area contributed by atoms with E-state index in [-0.39, 0.29) is 32.2 Å². The quantitative estimate of drug-likeness (QED) is 0.0211. The monoisotopic (exact) mass is 1000 g/mol. The first-order valence-corrected chi connectivity index (χ1v) is 29.8. The highest BCUT2D eigenvalue weighted by atomic mass is 16.7. The number of unbranched alkanes of at least 4 members (excludes halogenated alkanes) is 32. The summed E-state index contributed by atoms with van der Waals surface area (Å²) in [5.74, 6) is -2.01. The Balaban J connectivity index is 4.07. The van der Waals surface area contributed by atoms with Crippen molar-refractivity contribution in [2.24, 2.45) is 0 Å². The van der Waals surface area contributed by atoms with Crippen molar-refractivity contribution in [3.63, 3.8) is 0 Å². The Morgan fingerprint density at radius 2 is 0.761 bits per heavy atom. The van der Waals surface area contributed by atoms with Crippen molar-refractivity contribution < 1.29 is 42.9 Å². The van der Waals surface area contributed by atoms with Crippen molar-refractivity contribution >= 4 is 17.9 Å². The Kier molecular flexibility index (Phi) is 51.5. The normalized spacial score (nSPS) is 13.1. The van der Waals surface area contributed by atoms with Crippen molar-refractivity contribution in [1.29, 1.82) is 0 Å². The topological polar surface area (TPSA) is 108 Å². The molecule has 0 rings (SSSR count). The molecule has 0 aromatic rings. The number of carboxylic acid groups (broad SMARTS) is 1. The maximum absolute atomic E-state index is 12.9. The van der Waals surface area contributed by atoms with Crippen molar-refractivity contribution in [3.05, 3.63) is 48.6 Å². The number of allylic oxidation sites excluding steroid dienone is 8. The zero-order valence-corrected chi connectivity index (χ0v) is 47.1. The second-order valence-electron chi connectivity index (χ2n) is 21.3. The van der Waals surface area contributed by atoms with E-state index < -0.39 is 24.3 Å². The maximum atomic E-state index is 12.9. The number of nitrogens with zero attached hydrogens (tertiary/aromatic N) is 1. The fourth-order valence-corrected chi connectivity index (χ4v) is 8.43. The summed E-state index contributed by atoms with van der Waals surface area (Å²) in [6, 6.07) is 0. The van der Waals surface area contributed by atoms with E-state index in [1.807, 2.05) is 21.1 Å². The molecule has 0 spiro atoms. The van der Waals surface area contributed by atoms with Crippen LogP contribution in [0, 0.1) is 0 Å². The van der Waals surface area contributed by atoms with Crippen LogP contribution >= 0.6 is 0 Å². The van der Waals surface area contributed by atoms with E-state index in [1.165, 1.54) is 173 Å². The van der Waals surface area contributed by atoms with Gasteiger partial charge in [-0.05, 0) is 77.0 Å². The van der Waals surface area contributed by atoms with Crippen molar-refractivity contribution in [3.8, 4) is 0 Å². The number of esters is 2. The standard InChI is InChI=1S/C62H113NO8/c1-6-8-10-12-14-16-18-20-21-22-23-24-25-26-27-28-29-30-31-32-33-34-35-36-37-38-39-41-43-45-47-49-51-53-60(65)71-58(57-70-62(61(66)67)68-55-54-63(3,4)5)56-69-59(64)52-50-48-46-44-42-40-19-17-15-13-11-9-7-2/h17-20,22-23,25-26,58,62H,6-16,21,24,27-57H2,1-5H3/p+1/b19-17-,20-18-,23-22-,26-25-. The van der Waals surface area contributed by atoms with Gasteiger partial charge in [-0.2, -0.15) is 0 Å². The van der Waals surface area contributed by atoms with E-state index in [2.05, 4.69) is 62.5 Å². The molecule has 0 amide bonds. The molecule has 0 aromatic carbocycles. The highest BCUT2D eigenvalue weighted by molar-refractivity contribution is 5.71. The molecule has 0 bridgehead atoms. The van der Waals surface area contributed by atoms with Crippen LogP contribution in [0.3, 0.4) is 0 Å². The zero-order chi connectivity index (χ0) is 52.0. The molecular weight excluding hydrogens is 887 g/mol. The average molecular weight is 1000 g/mol. The van der Waals surface area contributed by atoms with Gasteiger partial charge in [0.2, 0.25) is 0 Å². The first-order chi connectivity index (χ1) is 34.6. The molecule has 0 saturated heterocycles. The maximum Gasteiger partial charge on any atom is 0.361 e. The number of quaternary nitrogens is 1. The van der Waals surface area contributed by atoms with Crippen LogP contribution in [0.4, 0.5) is 0 Å². The summed E-state index contributed by atoms with van der Waals surface area (Å²) in [7, 11) is 5.97. The molecule has 0 radical (unpaired) electrons. The molecule has 414 valence electrons. The first-order valence-electron chi connectivity index (χ1n) is 29.8. The molecule has 9 nitrogen and oxygen atoms in total. The zero-order valence-electron chi connectivity index (χ0n) is 47.1. The highest BCUT2D eigenvalue weighted by Gasteiger charge is 2.25. The van der Waals surface area contributed by atoms with Gasteiger partial charge in [-0.3, -0.25) is 9.59 Å². The summed E-state index contributed by atoms with van der Waals surface area (Å²) < 4.78 is 22.8. The van der Waals surface area contributed by atoms with E-state index in [9.17, 15) is 19.5 Å². The van der Waals surface area contributed by atoms with Crippen LogP contribution in [0.5, 0.6) is 0 Å². The SMILES string of the molecule is CCCCCC/C=C\CCCCCCCC(=O)OCC(COC(OCC[N+](C)(C)C)C(=O)O)OC(=O)CCCCCCCCCCCCCCCCCCCC/C=C\C/C=C\C/C=C\CCCCCCC. The van der Waals surface area contributed by atoms with Crippen LogP contribution in [0.25, 0.3) is 0 Å². The summed E-state index contributed by atoms with van der Waals surface area (Å²) in [4.78, 5) is 37.3. The lowest BCUT2D eigenvalue weighted by Gasteiger charge is -2.25. The van der Waals surface area contributed by atoms with Gasteiger partial charge in [0, 0.05) is 12.8 Å². The fourth-order valence-electron chi connectivity index (χ4n) is 8.43. The van der Waals surface area contributed by atoms with Gasteiger partial charge in [-0.1, -0.05) is 229 Å². The van der Waals surface area contributed by atoms with Gasteiger partial charge in [0.15, 0.2) is 6.10 Å². The highest BCUT2D eigenvalue weighted by Crippen LogP contribution is 2.17. The molecule has 0 saturated carbocycles. The molecule has 71 heavy (non-hydrogen) atoms. The largest absolute Gasteiger partial charge is 0.477 e. The number of carboxylic acids is 1. The van der Waals surface area contributed by atoms with Gasteiger partial charge < -0.3 is 28.5 Å². The van der Waals surface area contributed by atoms with Crippen molar-refractivity contribution in [2.45, 2.75) is 283 Å².